The Labute approximate surface area is 159 Å². The minimum absolute atomic E-state index is 0.653. The first kappa shape index (κ1) is 21.4. The monoisotopic (exact) mass is 434 g/mol. The van der Waals surface area contributed by atoms with E-state index in [9.17, 15) is 40.9 Å². The molecule has 0 aromatic heterocycles. The van der Waals surface area contributed by atoms with Crippen LogP contribution >= 0.6 is 0 Å². The first-order valence-corrected chi connectivity index (χ1v) is 10.0. The van der Waals surface area contributed by atoms with Crippen LogP contribution in [0.4, 0.5) is 0 Å². The third-order valence-electron chi connectivity index (χ3n) is 3.62. The van der Waals surface area contributed by atoms with Gasteiger partial charge in [0.2, 0.25) is 11.5 Å². The fourth-order valence-electron chi connectivity index (χ4n) is 2.51. The molecule has 0 atom stereocenters. The van der Waals surface area contributed by atoms with Crippen molar-refractivity contribution in [3.05, 3.63) is 35.4 Å². The van der Waals surface area contributed by atoms with E-state index in [0.29, 0.717) is 0 Å². The number of carbonyl (C=O) groups excluding carboxylic acids is 1. The molecule has 2 rings (SSSR count). The van der Waals surface area contributed by atoms with Gasteiger partial charge in [-0.3, -0.25) is 13.9 Å². The number of ketones is 1. The van der Waals surface area contributed by atoms with Gasteiger partial charge in [0, 0.05) is 5.56 Å². The highest BCUT2D eigenvalue weighted by Crippen LogP contribution is 2.50. The van der Waals surface area contributed by atoms with Gasteiger partial charge in [-0.25, -0.2) is 0 Å². The van der Waals surface area contributed by atoms with E-state index in [1.54, 1.807) is 0 Å². The summed E-state index contributed by atoms with van der Waals surface area (Å²) in [5.74, 6) is -5.30. The smallest absolute Gasteiger partial charge is 0.299 e. The number of hydrogen-bond donors (Lipinski definition) is 4. The molecule has 0 saturated carbocycles. The third-order valence-corrected chi connectivity index (χ3v) is 5.44. The van der Waals surface area contributed by atoms with Gasteiger partial charge in [-0.1, -0.05) is 12.1 Å². The van der Waals surface area contributed by atoms with Crippen molar-refractivity contribution in [2.45, 2.75) is 9.79 Å². The van der Waals surface area contributed by atoms with Crippen LogP contribution in [0.3, 0.4) is 0 Å². The van der Waals surface area contributed by atoms with E-state index in [4.69, 9.17) is 9.47 Å². The molecule has 13 heteroatoms. The van der Waals surface area contributed by atoms with Crippen LogP contribution in [0.15, 0.2) is 34.1 Å². The van der Waals surface area contributed by atoms with Gasteiger partial charge < -0.3 is 19.7 Å². The van der Waals surface area contributed by atoms with E-state index < -0.39 is 69.9 Å². The van der Waals surface area contributed by atoms with E-state index in [1.165, 1.54) is 12.1 Å². The fourth-order valence-corrected chi connectivity index (χ4v) is 3.99. The highest BCUT2D eigenvalue weighted by atomic mass is 32.2. The summed E-state index contributed by atoms with van der Waals surface area (Å²) in [4.78, 5) is 10.7. The van der Waals surface area contributed by atoms with Crippen LogP contribution in [0, 0.1) is 0 Å². The average Bonchev–Trinajstić information content (AvgIpc) is 2.60. The van der Waals surface area contributed by atoms with E-state index >= 15 is 0 Å². The standard InChI is InChI=1S/C15H14O11S2/c1-25-13-9(10(16)7-5-3-4-6-8(7)27(19,20)21)15(28(22,23)24)12(18)11(17)14(13)26-2/h3-6,17-18H,1-2H3,(H,19,20,21)(H,22,23,24). The van der Waals surface area contributed by atoms with Gasteiger partial charge in [0.1, 0.15) is 4.90 Å². The van der Waals surface area contributed by atoms with Gasteiger partial charge in [0.15, 0.2) is 22.2 Å². The topological polar surface area (TPSA) is 185 Å². The van der Waals surface area contributed by atoms with Gasteiger partial charge in [-0.05, 0) is 12.1 Å². The molecule has 28 heavy (non-hydrogen) atoms. The summed E-state index contributed by atoms with van der Waals surface area (Å²) in [6.45, 7) is 0. The summed E-state index contributed by atoms with van der Waals surface area (Å²) in [5, 5.41) is 20.0. The lowest BCUT2D eigenvalue weighted by Gasteiger charge is -2.18. The molecule has 4 N–H and O–H groups in total. The number of aromatic hydroxyl groups is 2. The van der Waals surface area contributed by atoms with Crippen LogP contribution < -0.4 is 9.47 Å². The first-order chi connectivity index (χ1) is 12.9. The molecule has 0 aliphatic rings. The maximum Gasteiger partial charge on any atom is 0.299 e. The Bertz CT molecular complexity index is 1160. The SMILES string of the molecule is COc1c(O)c(O)c(S(=O)(=O)O)c(C(=O)c2ccccc2S(=O)(=O)O)c1OC. The van der Waals surface area contributed by atoms with Crippen LogP contribution in [0.5, 0.6) is 23.0 Å². The molecule has 0 saturated heterocycles. The molecule has 11 nitrogen and oxygen atoms in total. The van der Waals surface area contributed by atoms with Gasteiger partial charge in [0.25, 0.3) is 20.2 Å². The summed E-state index contributed by atoms with van der Waals surface area (Å²) in [5.41, 5.74) is -1.71. The third kappa shape index (κ3) is 3.60. The number of phenolic OH excluding ortho intramolecular Hbond substituents is 2. The lowest BCUT2D eigenvalue weighted by atomic mass is 10.0. The van der Waals surface area contributed by atoms with Gasteiger partial charge in [0.05, 0.1) is 19.8 Å². The van der Waals surface area contributed by atoms with E-state index in [0.717, 1.165) is 26.4 Å². The van der Waals surface area contributed by atoms with Crippen molar-refractivity contribution < 1.29 is 50.4 Å². The molecule has 0 bridgehead atoms. The summed E-state index contributed by atoms with van der Waals surface area (Å²) < 4.78 is 75.2. The number of benzene rings is 2. The number of hydrogen-bond acceptors (Lipinski definition) is 9. The van der Waals surface area contributed by atoms with Gasteiger partial charge in [-0.2, -0.15) is 16.8 Å². The quantitative estimate of drug-likeness (QED) is 0.287. The van der Waals surface area contributed by atoms with E-state index in [1.807, 2.05) is 0 Å². The minimum Gasteiger partial charge on any atom is -0.503 e. The zero-order valence-corrected chi connectivity index (χ0v) is 15.9. The molecule has 0 radical (unpaired) electrons. The largest absolute Gasteiger partial charge is 0.503 e. The Balaban J connectivity index is 3.05. The Kier molecular flexibility index (Phi) is 5.57. The number of phenols is 2. The summed E-state index contributed by atoms with van der Waals surface area (Å²) in [7, 11) is -8.26. The first-order valence-electron chi connectivity index (χ1n) is 7.14. The Morgan fingerprint density at radius 3 is 1.86 bits per heavy atom. The number of carbonyl (C=O) groups is 1. The van der Waals surface area contributed by atoms with Crippen molar-refractivity contribution in [1.82, 2.24) is 0 Å². The highest BCUT2D eigenvalue weighted by molar-refractivity contribution is 7.86. The molecule has 2 aromatic carbocycles. The highest BCUT2D eigenvalue weighted by Gasteiger charge is 2.37. The lowest BCUT2D eigenvalue weighted by molar-refractivity contribution is 0.102. The molecule has 0 spiro atoms. The van der Waals surface area contributed by atoms with Crippen LogP contribution in [0.2, 0.25) is 0 Å². The zero-order valence-electron chi connectivity index (χ0n) is 14.3. The van der Waals surface area contributed by atoms with Crippen molar-refractivity contribution in [3.8, 4) is 23.0 Å². The van der Waals surface area contributed by atoms with Crippen LogP contribution in [-0.2, 0) is 20.2 Å². The summed E-state index contributed by atoms with van der Waals surface area (Å²) in [6.07, 6.45) is 0. The van der Waals surface area contributed by atoms with Crippen molar-refractivity contribution in [2.75, 3.05) is 14.2 Å². The molecular weight excluding hydrogens is 420 g/mol. The molecule has 0 heterocycles. The van der Waals surface area contributed by atoms with E-state index in [-0.39, 0.29) is 0 Å². The predicted octanol–water partition coefficient (Wildman–Crippen LogP) is 0.839. The summed E-state index contributed by atoms with van der Waals surface area (Å²) >= 11 is 0. The number of rotatable bonds is 6. The second-order valence-electron chi connectivity index (χ2n) is 5.24. The summed E-state index contributed by atoms with van der Waals surface area (Å²) in [6, 6.07) is 4.24. The molecule has 0 amide bonds. The predicted molar refractivity (Wildman–Crippen MR) is 92.4 cm³/mol. The van der Waals surface area contributed by atoms with Crippen molar-refractivity contribution >= 4 is 26.0 Å². The Morgan fingerprint density at radius 1 is 0.857 bits per heavy atom. The lowest BCUT2D eigenvalue weighted by Crippen LogP contribution is -2.15. The van der Waals surface area contributed by atoms with Crippen LogP contribution in [-0.4, -0.2) is 56.2 Å². The van der Waals surface area contributed by atoms with Crippen molar-refractivity contribution in [2.24, 2.45) is 0 Å². The molecule has 0 unspecified atom stereocenters. The zero-order chi connectivity index (χ0) is 21.4. The number of methoxy groups -OCH3 is 2. The molecular formula is C15H14O11S2. The maximum absolute atomic E-state index is 13.0. The normalized spacial score (nSPS) is 11.9. The Hall–Kier alpha value is -2.87. The minimum atomic E-state index is -5.32. The van der Waals surface area contributed by atoms with Crippen molar-refractivity contribution in [3.63, 3.8) is 0 Å². The second kappa shape index (κ2) is 7.27. The van der Waals surface area contributed by atoms with Gasteiger partial charge in [-0.15, -0.1) is 0 Å². The number of ether oxygens (including phenoxy) is 2. The molecule has 0 fully saturated rings. The van der Waals surface area contributed by atoms with Gasteiger partial charge >= 0.3 is 0 Å². The van der Waals surface area contributed by atoms with E-state index in [2.05, 4.69) is 0 Å². The second-order valence-corrected chi connectivity index (χ2v) is 7.99. The fraction of sp³-hybridized carbons (Fsp3) is 0.133. The van der Waals surface area contributed by atoms with Crippen LogP contribution in [0.1, 0.15) is 15.9 Å². The molecule has 2 aromatic rings. The Morgan fingerprint density at radius 2 is 1.39 bits per heavy atom. The van der Waals surface area contributed by atoms with Crippen LogP contribution in [0.25, 0.3) is 0 Å². The average molecular weight is 434 g/mol. The molecule has 152 valence electrons. The maximum atomic E-state index is 13.0. The van der Waals surface area contributed by atoms with Crippen molar-refractivity contribution in [1.29, 1.82) is 0 Å². The molecule has 0 aliphatic carbocycles. The molecule has 0 aliphatic heterocycles.